The molecule has 1 saturated heterocycles. The van der Waals surface area contributed by atoms with Gasteiger partial charge in [0.15, 0.2) is 0 Å². The Morgan fingerprint density at radius 2 is 1.95 bits per heavy atom. The highest BCUT2D eigenvalue weighted by atomic mass is 79.9. The Kier molecular flexibility index (Phi) is 3.93. The monoisotopic (exact) mass is 328 g/mol. The van der Waals surface area contributed by atoms with Gasteiger partial charge in [-0.1, -0.05) is 0 Å². The summed E-state index contributed by atoms with van der Waals surface area (Å²) in [6, 6.07) is 0. The van der Waals surface area contributed by atoms with E-state index in [9.17, 15) is 9.59 Å². The number of amides is 2. The Morgan fingerprint density at radius 1 is 1.26 bits per heavy atom. The maximum atomic E-state index is 12.0. The number of halogens is 1. The second-order valence-corrected chi connectivity index (χ2v) is 5.45. The summed E-state index contributed by atoms with van der Waals surface area (Å²) in [5.41, 5.74) is 1.83. The first-order valence-electron chi connectivity index (χ1n) is 6.17. The maximum Gasteiger partial charge on any atom is 0.243 e. The molecule has 0 aromatic carbocycles. The molecule has 0 aliphatic carbocycles. The molecular formula is C12H17BrN4O2. The smallest absolute Gasteiger partial charge is 0.243 e. The molecule has 6 nitrogen and oxygen atoms in total. The Bertz CT molecular complexity index is 526. The summed E-state index contributed by atoms with van der Waals surface area (Å²) in [6.45, 7) is 5.34. The van der Waals surface area contributed by atoms with Gasteiger partial charge in [-0.2, -0.15) is 5.10 Å². The lowest BCUT2D eigenvalue weighted by atomic mass is 10.2. The molecule has 1 aromatic heterocycles. The predicted molar refractivity (Wildman–Crippen MR) is 73.4 cm³/mol. The Balaban J connectivity index is 2.21. The molecular weight excluding hydrogens is 312 g/mol. The van der Waals surface area contributed by atoms with Crippen LogP contribution in [0.1, 0.15) is 18.3 Å². The van der Waals surface area contributed by atoms with Gasteiger partial charge >= 0.3 is 0 Å². The average Bonchev–Trinajstić information content (AvgIpc) is 2.63. The van der Waals surface area contributed by atoms with Crippen molar-refractivity contribution in [3.8, 4) is 0 Å². The normalized spacial score (nSPS) is 16.4. The third-order valence-corrected chi connectivity index (χ3v) is 4.30. The van der Waals surface area contributed by atoms with Crippen LogP contribution in [0.4, 0.5) is 0 Å². The van der Waals surface area contributed by atoms with E-state index in [2.05, 4.69) is 21.0 Å². The summed E-state index contributed by atoms with van der Waals surface area (Å²) in [6.07, 6.45) is 0. The molecule has 19 heavy (non-hydrogen) atoms. The molecule has 1 aromatic rings. The molecule has 0 spiro atoms. The molecule has 0 N–H and O–H groups in total. The van der Waals surface area contributed by atoms with Crippen molar-refractivity contribution in [2.24, 2.45) is 0 Å². The van der Waals surface area contributed by atoms with Crippen LogP contribution in [0.5, 0.6) is 0 Å². The fourth-order valence-electron chi connectivity index (χ4n) is 2.11. The third-order valence-electron chi connectivity index (χ3n) is 3.27. The standard InChI is InChI=1S/C12H17BrN4O2/c1-4-17-9(12(13)8(2)14-17)5-16-7-10(18)15(3)6-11(16)19/h4-7H2,1-3H3. The van der Waals surface area contributed by atoms with Gasteiger partial charge in [0, 0.05) is 13.6 Å². The molecule has 104 valence electrons. The van der Waals surface area contributed by atoms with Gasteiger partial charge in [0.05, 0.1) is 29.0 Å². The first-order chi connectivity index (χ1) is 8.93. The van der Waals surface area contributed by atoms with Crippen LogP contribution >= 0.6 is 15.9 Å². The van der Waals surface area contributed by atoms with Gasteiger partial charge in [-0.05, 0) is 29.8 Å². The fraction of sp³-hybridized carbons (Fsp3) is 0.583. The molecule has 1 aliphatic rings. The molecule has 0 atom stereocenters. The summed E-state index contributed by atoms with van der Waals surface area (Å²) in [7, 11) is 1.65. The van der Waals surface area contributed by atoms with E-state index in [4.69, 9.17) is 0 Å². The molecule has 0 saturated carbocycles. The number of carbonyl (C=O) groups excluding carboxylic acids is 2. The van der Waals surface area contributed by atoms with E-state index in [1.54, 1.807) is 11.9 Å². The molecule has 2 amide bonds. The Hall–Kier alpha value is -1.37. The summed E-state index contributed by atoms with van der Waals surface area (Å²) >= 11 is 3.50. The van der Waals surface area contributed by atoms with E-state index in [0.29, 0.717) is 6.54 Å². The van der Waals surface area contributed by atoms with Gasteiger partial charge in [0.2, 0.25) is 11.8 Å². The molecule has 7 heteroatoms. The van der Waals surface area contributed by atoms with Gasteiger partial charge in [0.25, 0.3) is 0 Å². The highest BCUT2D eigenvalue weighted by Crippen LogP contribution is 2.23. The maximum absolute atomic E-state index is 12.0. The lowest BCUT2D eigenvalue weighted by molar-refractivity contribution is -0.149. The van der Waals surface area contributed by atoms with Gasteiger partial charge in [-0.3, -0.25) is 14.3 Å². The van der Waals surface area contributed by atoms with E-state index in [-0.39, 0.29) is 24.9 Å². The number of rotatable bonds is 3. The van der Waals surface area contributed by atoms with Crippen LogP contribution in [0.15, 0.2) is 4.47 Å². The second-order valence-electron chi connectivity index (χ2n) is 4.66. The van der Waals surface area contributed by atoms with Crippen LogP contribution in [-0.2, 0) is 22.7 Å². The van der Waals surface area contributed by atoms with E-state index in [1.807, 2.05) is 18.5 Å². The van der Waals surface area contributed by atoms with E-state index in [1.165, 1.54) is 4.90 Å². The zero-order valence-electron chi connectivity index (χ0n) is 11.3. The molecule has 0 bridgehead atoms. The van der Waals surface area contributed by atoms with Crippen LogP contribution in [0.2, 0.25) is 0 Å². The molecule has 1 aliphatic heterocycles. The van der Waals surface area contributed by atoms with Crippen molar-refractivity contribution in [2.45, 2.75) is 26.9 Å². The van der Waals surface area contributed by atoms with E-state index < -0.39 is 0 Å². The summed E-state index contributed by atoms with van der Waals surface area (Å²) in [5.74, 6) is -0.0643. The van der Waals surface area contributed by atoms with Crippen LogP contribution in [0.25, 0.3) is 0 Å². The molecule has 1 fully saturated rings. The lowest BCUT2D eigenvalue weighted by Gasteiger charge is -2.31. The number of aryl methyl sites for hydroxylation is 2. The van der Waals surface area contributed by atoms with Crippen LogP contribution in [0, 0.1) is 6.92 Å². The molecule has 0 radical (unpaired) electrons. The number of likely N-dealkylation sites (N-methyl/N-ethyl adjacent to an activating group) is 1. The van der Waals surface area contributed by atoms with Crippen molar-refractivity contribution in [2.75, 3.05) is 20.1 Å². The highest BCUT2D eigenvalue weighted by molar-refractivity contribution is 9.10. The average molecular weight is 329 g/mol. The number of nitrogens with zero attached hydrogens (tertiary/aromatic N) is 4. The second kappa shape index (κ2) is 5.32. The molecule has 2 rings (SSSR count). The number of hydrogen-bond acceptors (Lipinski definition) is 3. The minimum absolute atomic E-state index is 0.0319. The summed E-state index contributed by atoms with van der Waals surface area (Å²) in [5, 5.41) is 4.39. The molecule has 0 unspecified atom stereocenters. The molecule has 2 heterocycles. The van der Waals surface area contributed by atoms with Gasteiger partial charge in [-0.15, -0.1) is 0 Å². The fourth-order valence-corrected chi connectivity index (χ4v) is 2.52. The van der Waals surface area contributed by atoms with Crippen molar-refractivity contribution >= 4 is 27.7 Å². The van der Waals surface area contributed by atoms with Crippen molar-refractivity contribution < 1.29 is 9.59 Å². The minimum atomic E-state index is -0.0324. The van der Waals surface area contributed by atoms with Crippen molar-refractivity contribution in [1.82, 2.24) is 19.6 Å². The van der Waals surface area contributed by atoms with Gasteiger partial charge in [0.1, 0.15) is 6.54 Å². The van der Waals surface area contributed by atoms with Crippen molar-refractivity contribution in [3.05, 3.63) is 15.9 Å². The zero-order valence-corrected chi connectivity index (χ0v) is 12.9. The summed E-state index contributed by atoms with van der Waals surface area (Å²) < 4.78 is 2.77. The van der Waals surface area contributed by atoms with Crippen molar-refractivity contribution in [1.29, 1.82) is 0 Å². The SMILES string of the molecule is CCn1nc(C)c(Br)c1CN1CC(=O)N(C)CC1=O. The largest absolute Gasteiger partial charge is 0.335 e. The topological polar surface area (TPSA) is 58.4 Å². The lowest BCUT2D eigenvalue weighted by Crippen LogP contribution is -2.51. The predicted octanol–water partition coefficient (Wildman–Crippen LogP) is 0.775. The zero-order chi connectivity index (χ0) is 14.2. The number of carbonyl (C=O) groups is 2. The summed E-state index contributed by atoms with van der Waals surface area (Å²) in [4.78, 5) is 26.7. The number of hydrogen-bond donors (Lipinski definition) is 0. The first-order valence-corrected chi connectivity index (χ1v) is 6.96. The third kappa shape index (κ3) is 2.65. The van der Waals surface area contributed by atoms with Crippen LogP contribution < -0.4 is 0 Å². The van der Waals surface area contributed by atoms with Crippen LogP contribution in [-0.4, -0.2) is 51.5 Å². The quantitative estimate of drug-likeness (QED) is 0.823. The van der Waals surface area contributed by atoms with E-state index in [0.717, 1.165) is 22.4 Å². The Labute approximate surface area is 120 Å². The van der Waals surface area contributed by atoms with Gasteiger partial charge < -0.3 is 9.80 Å². The van der Waals surface area contributed by atoms with Gasteiger partial charge in [-0.25, -0.2) is 0 Å². The minimum Gasteiger partial charge on any atom is -0.335 e. The number of aromatic nitrogens is 2. The van der Waals surface area contributed by atoms with E-state index >= 15 is 0 Å². The Morgan fingerprint density at radius 3 is 2.58 bits per heavy atom. The highest BCUT2D eigenvalue weighted by Gasteiger charge is 2.29. The number of piperazine rings is 1. The van der Waals surface area contributed by atoms with Crippen molar-refractivity contribution in [3.63, 3.8) is 0 Å². The first kappa shape index (κ1) is 14.0. The van der Waals surface area contributed by atoms with Crippen LogP contribution in [0.3, 0.4) is 0 Å².